The van der Waals surface area contributed by atoms with Gasteiger partial charge in [0, 0.05) is 25.7 Å². The fourth-order valence-electron chi connectivity index (χ4n) is 16.6. The number of ether oxygens (including phenoxy) is 8. The molecule has 1 aliphatic carbocycles. The minimum absolute atomic E-state index is 0.0113. The van der Waals surface area contributed by atoms with Gasteiger partial charge in [-0.05, 0) is 51.4 Å². The van der Waals surface area contributed by atoms with Crippen LogP contribution in [0.25, 0.3) is 0 Å². The lowest BCUT2D eigenvalue weighted by atomic mass is 9.84. The Labute approximate surface area is 737 Å². The number of hydrogen-bond donors (Lipinski definition) is 10. The highest BCUT2D eigenvalue weighted by Crippen LogP contribution is 2.49. The quantitative estimate of drug-likeness (QED) is 0.00889. The van der Waals surface area contributed by atoms with E-state index in [2.05, 4.69) is 39.8 Å². The topological polar surface area (TPSA) is 380 Å². The summed E-state index contributed by atoms with van der Waals surface area (Å²) in [5.74, 6) is -2.94. The molecule has 0 aromatic heterocycles. The number of allylic oxidation sites excluding steroid dienone is 2. The van der Waals surface area contributed by atoms with Crippen molar-refractivity contribution in [2.24, 2.45) is 0 Å². The maximum absolute atomic E-state index is 14.9. The summed E-state index contributed by atoms with van der Waals surface area (Å²) >= 11 is 0. The Hall–Kier alpha value is -2.79. The number of carbonyl (C=O) groups excluding carboxylic acids is 4. The van der Waals surface area contributed by atoms with Crippen LogP contribution in [-0.2, 0) is 70.7 Å². The van der Waals surface area contributed by atoms with Crippen LogP contribution in [0.1, 0.15) is 445 Å². The van der Waals surface area contributed by atoms with Crippen molar-refractivity contribution >= 4 is 31.7 Å². The molecule has 0 aromatic rings. The third-order valence-corrected chi connectivity index (χ3v) is 25.5. The van der Waals surface area contributed by atoms with Gasteiger partial charge in [-0.25, -0.2) is 4.57 Å². The molecule has 26 heteroatoms. The Morgan fingerprint density at radius 1 is 0.320 bits per heavy atom. The van der Waals surface area contributed by atoms with Crippen molar-refractivity contribution in [1.82, 2.24) is 0 Å². The van der Waals surface area contributed by atoms with Gasteiger partial charge in [0.25, 0.3) is 0 Å². The van der Waals surface area contributed by atoms with Crippen molar-refractivity contribution in [2.45, 2.75) is 549 Å². The summed E-state index contributed by atoms with van der Waals surface area (Å²) in [5, 5.41) is 103. The number of carbonyl (C=O) groups is 4. The molecule has 18 atom stereocenters. The summed E-state index contributed by atoms with van der Waals surface area (Å²) in [7, 11) is -5.81. The number of aliphatic hydroxyl groups excluding tert-OH is 9. The van der Waals surface area contributed by atoms with Crippen molar-refractivity contribution < 1.29 is 122 Å². The Kier molecular flexibility index (Phi) is 69.6. The molecule has 718 valence electrons. The average Bonchev–Trinajstić information content (AvgIpc) is 0.753. The molecule has 122 heavy (non-hydrogen) atoms. The van der Waals surface area contributed by atoms with Crippen molar-refractivity contribution in [3.8, 4) is 0 Å². The fraction of sp³-hybridized carbons (Fsp3) is 0.938. The van der Waals surface area contributed by atoms with E-state index < -0.39 is 162 Å². The first-order valence-corrected chi connectivity index (χ1v) is 51.4. The fourth-order valence-corrected chi connectivity index (χ4v) is 17.6. The highest BCUT2D eigenvalue weighted by Gasteiger charge is 2.60. The lowest BCUT2D eigenvalue weighted by molar-refractivity contribution is -0.360. The second-order valence-electron chi connectivity index (χ2n) is 35.7. The van der Waals surface area contributed by atoms with Crippen LogP contribution in [0.2, 0.25) is 0 Å². The predicted octanol–water partition coefficient (Wildman–Crippen LogP) is 19.5. The summed E-state index contributed by atoms with van der Waals surface area (Å²) in [4.78, 5) is 66.7. The van der Waals surface area contributed by atoms with Gasteiger partial charge in [0.15, 0.2) is 24.8 Å². The highest BCUT2D eigenvalue weighted by atomic mass is 31.2. The highest BCUT2D eigenvalue weighted by molar-refractivity contribution is 7.47. The summed E-state index contributed by atoms with van der Waals surface area (Å²) in [5.41, 5.74) is 0. The molecule has 0 amide bonds. The van der Waals surface area contributed by atoms with Crippen molar-refractivity contribution in [3.63, 3.8) is 0 Å². The molecule has 0 radical (unpaired) electrons. The standard InChI is InChI=1S/C96H179O25P/c1-5-9-13-17-21-25-29-33-37-41-45-48-52-56-60-64-68-79(98)112-73-76(115-81(100)70-66-62-58-54-50-46-42-38-34-30-26-22-18-14-10-6-2)74-114-122(110,111)121-94-92(119-95-89(108)85(104)83(102)77(72-97)116-95)88(107)87(106)91(118-82(101)71-67-63-59-55-51-47-43-39-35-31-27-23-19-15-11-7-3)93(94)120-96-90(109)86(105)84(103)78(117-96)75-113-80(99)69-65-61-57-53-49-44-40-36-32-28-24-20-16-12-8-4/h28,32,76-78,83-97,102-109H,5-27,29-31,33-75H2,1-4H3,(H,110,111)/b32-28-. The van der Waals surface area contributed by atoms with Gasteiger partial charge in [-0.1, -0.05) is 380 Å². The largest absolute Gasteiger partial charge is 0.472 e. The van der Waals surface area contributed by atoms with Gasteiger partial charge in [0.1, 0.15) is 92.6 Å². The lowest BCUT2D eigenvalue weighted by Crippen LogP contribution is -2.70. The number of hydrogen-bond acceptors (Lipinski definition) is 24. The van der Waals surface area contributed by atoms with E-state index in [-0.39, 0.29) is 25.7 Å². The van der Waals surface area contributed by atoms with E-state index in [0.717, 1.165) is 148 Å². The van der Waals surface area contributed by atoms with E-state index in [1.165, 1.54) is 212 Å². The molecule has 0 spiro atoms. The van der Waals surface area contributed by atoms with E-state index in [1.54, 1.807) is 0 Å². The summed E-state index contributed by atoms with van der Waals surface area (Å²) < 4.78 is 73.7. The maximum Gasteiger partial charge on any atom is 0.472 e. The number of aliphatic hydroxyl groups is 9. The van der Waals surface area contributed by atoms with E-state index in [1.807, 2.05) is 0 Å². The zero-order valence-corrected chi connectivity index (χ0v) is 77.7. The van der Waals surface area contributed by atoms with Crippen LogP contribution in [0, 0.1) is 0 Å². The third-order valence-electron chi connectivity index (χ3n) is 24.5. The SMILES string of the molecule is CCCCCC/C=C\CCCCCCCCCC(=O)OCC1OC(OC2C(OC(=O)CCCCCCCCCCCCCCCCCC)C(O)C(O)C(OC3OC(CO)C(O)C(O)C3O)C2OP(=O)(O)OCC(COC(=O)CCCCCCCCCCCCCCCCCC)OC(=O)CCCCCCCCCCCCCCCCCC)C(O)C(O)C1O. The molecule has 2 saturated heterocycles. The molecule has 25 nitrogen and oxygen atoms in total. The maximum atomic E-state index is 14.9. The Balaban J connectivity index is 1.89. The first kappa shape index (κ1) is 113. The molecule has 1 saturated carbocycles. The van der Waals surface area contributed by atoms with Crippen molar-refractivity contribution in [2.75, 3.05) is 26.4 Å². The zero-order chi connectivity index (χ0) is 88.9. The normalized spacial score (nSPS) is 24.5. The second-order valence-corrected chi connectivity index (χ2v) is 37.1. The predicted molar refractivity (Wildman–Crippen MR) is 476 cm³/mol. The van der Waals surface area contributed by atoms with Crippen LogP contribution >= 0.6 is 7.82 Å². The van der Waals surface area contributed by atoms with Crippen LogP contribution in [0.4, 0.5) is 0 Å². The first-order valence-electron chi connectivity index (χ1n) is 49.9. The summed E-state index contributed by atoms with van der Waals surface area (Å²) in [6, 6.07) is 0. The van der Waals surface area contributed by atoms with Crippen LogP contribution in [0.15, 0.2) is 12.2 Å². The Morgan fingerprint density at radius 2 is 0.615 bits per heavy atom. The van der Waals surface area contributed by atoms with E-state index >= 15 is 0 Å². The van der Waals surface area contributed by atoms with Crippen LogP contribution in [-0.4, -0.2) is 205 Å². The molecule has 0 bridgehead atoms. The number of rotatable bonds is 82. The molecule has 3 fully saturated rings. The van der Waals surface area contributed by atoms with Crippen molar-refractivity contribution in [3.05, 3.63) is 12.2 Å². The Bertz CT molecular complexity index is 2570. The minimum atomic E-state index is -5.81. The van der Waals surface area contributed by atoms with Gasteiger partial charge in [-0.15, -0.1) is 0 Å². The molecular weight excluding hydrogens is 1580 g/mol. The molecule has 3 aliphatic rings. The van der Waals surface area contributed by atoms with Crippen LogP contribution < -0.4 is 0 Å². The van der Waals surface area contributed by atoms with E-state index in [9.17, 15) is 74.6 Å². The van der Waals surface area contributed by atoms with Gasteiger partial charge in [-0.3, -0.25) is 28.2 Å². The molecule has 2 aliphatic heterocycles. The number of unbranched alkanes of at least 4 members (excludes halogenated alkanes) is 56. The zero-order valence-electron chi connectivity index (χ0n) is 76.8. The van der Waals surface area contributed by atoms with Crippen molar-refractivity contribution in [1.29, 1.82) is 0 Å². The van der Waals surface area contributed by atoms with Gasteiger partial charge in [0.2, 0.25) is 0 Å². The monoisotopic (exact) mass is 1760 g/mol. The molecule has 18 unspecified atom stereocenters. The molecule has 3 rings (SSSR count). The van der Waals surface area contributed by atoms with E-state index in [0.29, 0.717) is 32.1 Å². The van der Waals surface area contributed by atoms with Gasteiger partial charge in [-0.2, -0.15) is 0 Å². The molecule has 10 N–H and O–H groups in total. The van der Waals surface area contributed by atoms with Crippen LogP contribution in [0.3, 0.4) is 0 Å². The number of phosphoric acid groups is 1. The minimum Gasteiger partial charge on any atom is -0.463 e. The summed E-state index contributed by atoms with van der Waals surface area (Å²) in [6.45, 7) is 5.65. The first-order chi connectivity index (χ1) is 59.2. The van der Waals surface area contributed by atoms with Gasteiger partial charge >= 0.3 is 31.7 Å². The molecular formula is C96H179O25P. The number of esters is 4. The number of phosphoric ester groups is 1. The van der Waals surface area contributed by atoms with Crippen LogP contribution in [0.5, 0.6) is 0 Å². The average molecular weight is 1760 g/mol. The molecule has 2 heterocycles. The smallest absolute Gasteiger partial charge is 0.463 e. The van der Waals surface area contributed by atoms with E-state index in [4.69, 9.17) is 46.9 Å². The van der Waals surface area contributed by atoms with Gasteiger partial charge < -0.3 is 88.7 Å². The third kappa shape index (κ3) is 54.0. The summed E-state index contributed by atoms with van der Waals surface area (Å²) in [6.07, 6.45) is 35.9. The second kappa shape index (κ2) is 74.9. The Morgan fingerprint density at radius 3 is 0.984 bits per heavy atom. The molecule has 0 aromatic carbocycles. The lowest BCUT2D eigenvalue weighted by Gasteiger charge is -2.50. The van der Waals surface area contributed by atoms with Gasteiger partial charge in [0.05, 0.1) is 13.2 Å².